The minimum absolute atomic E-state index is 0.616. The second kappa shape index (κ2) is 7.83. The number of rotatable bonds is 1. The number of hydrogen-bond acceptors (Lipinski definition) is 3. The molecule has 0 fully saturated rings. The van der Waals surface area contributed by atoms with Crippen molar-refractivity contribution in [3.63, 3.8) is 0 Å². The van der Waals surface area contributed by atoms with Crippen LogP contribution in [0.25, 0.3) is 10.2 Å². The van der Waals surface area contributed by atoms with E-state index in [1.165, 1.54) is 0 Å². The molecule has 0 radical (unpaired) electrons. The monoisotopic (exact) mass is 301 g/mol. The normalized spacial score (nSPS) is 10.4. The lowest BCUT2D eigenvalue weighted by Gasteiger charge is -2.18. The van der Waals surface area contributed by atoms with Crippen molar-refractivity contribution in [3.05, 3.63) is 27.7 Å². The lowest BCUT2D eigenvalue weighted by atomic mass is 10.0. The third-order valence-electron chi connectivity index (χ3n) is 2.36. The Labute approximate surface area is 125 Å². The summed E-state index contributed by atoms with van der Waals surface area (Å²) in [5.41, 5.74) is 1.78. The molecular formula is C15H24ClNOS. The fourth-order valence-corrected chi connectivity index (χ4v) is 2.94. The smallest absolute Gasteiger partial charge is 0.0870 e. The molecule has 2 nitrogen and oxygen atoms in total. The Morgan fingerprint density at radius 1 is 1.21 bits per heavy atom. The van der Waals surface area contributed by atoms with Crippen LogP contribution in [-0.2, 0) is 5.60 Å². The Hall–Kier alpha value is -0.640. The van der Waals surface area contributed by atoms with Crippen molar-refractivity contribution < 1.29 is 5.11 Å². The molecule has 0 unspecified atom stereocenters. The molecule has 0 aliphatic rings. The van der Waals surface area contributed by atoms with Crippen molar-refractivity contribution in [1.82, 2.24) is 4.98 Å². The van der Waals surface area contributed by atoms with Crippen LogP contribution in [0, 0.1) is 6.92 Å². The van der Waals surface area contributed by atoms with Crippen molar-refractivity contribution >= 4 is 33.2 Å². The Bertz CT molecular complexity index is 515. The molecule has 0 amide bonds. The average Bonchev–Trinajstić information content (AvgIpc) is 2.76. The number of thiophene rings is 1. The predicted molar refractivity (Wildman–Crippen MR) is 87.3 cm³/mol. The minimum Gasteiger partial charge on any atom is -0.386 e. The summed E-state index contributed by atoms with van der Waals surface area (Å²) in [7, 11) is 0. The summed E-state index contributed by atoms with van der Waals surface area (Å²) in [6.45, 7) is 13.4. The Kier molecular flexibility index (Phi) is 7.57. The fourth-order valence-electron chi connectivity index (χ4n) is 1.49. The molecule has 19 heavy (non-hydrogen) atoms. The second-order valence-corrected chi connectivity index (χ2v) is 5.40. The van der Waals surface area contributed by atoms with E-state index in [1.54, 1.807) is 31.4 Å². The van der Waals surface area contributed by atoms with Gasteiger partial charge in [-0.3, -0.25) is 4.98 Å². The molecule has 0 aromatic carbocycles. The highest BCUT2D eigenvalue weighted by molar-refractivity contribution is 7.18. The Morgan fingerprint density at radius 3 is 2.21 bits per heavy atom. The van der Waals surface area contributed by atoms with E-state index in [4.69, 9.17) is 11.6 Å². The van der Waals surface area contributed by atoms with Crippen LogP contribution in [0.15, 0.2) is 11.6 Å². The largest absolute Gasteiger partial charge is 0.386 e. The minimum atomic E-state index is -0.948. The first kappa shape index (κ1) is 18.4. The Balaban J connectivity index is 0.000000741. The van der Waals surface area contributed by atoms with Gasteiger partial charge in [0, 0.05) is 11.8 Å². The van der Waals surface area contributed by atoms with Crippen LogP contribution in [0.4, 0.5) is 0 Å². The molecule has 0 saturated heterocycles. The summed E-state index contributed by atoms with van der Waals surface area (Å²) in [5.74, 6) is 0. The lowest BCUT2D eigenvalue weighted by molar-refractivity contribution is 0.0785. The molecule has 4 heteroatoms. The summed E-state index contributed by atoms with van der Waals surface area (Å²) in [6.07, 6.45) is 1.66. The van der Waals surface area contributed by atoms with E-state index in [2.05, 4.69) is 4.98 Å². The van der Waals surface area contributed by atoms with Crippen LogP contribution in [0.2, 0.25) is 5.02 Å². The van der Waals surface area contributed by atoms with E-state index in [0.717, 1.165) is 15.8 Å². The third-order valence-corrected chi connectivity index (χ3v) is 3.97. The molecule has 108 valence electrons. The molecule has 2 aromatic rings. The molecule has 2 rings (SSSR count). The van der Waals surface area contributed by atoms with Gasteiger partial charge in [-0.05, 0) is 31.7 Å². The van der Waals surface area contributed by atoms with Gasteiger partial charge >= 0.3 is 0 Å². The van der Waals surface area contributed by atoms with Gasteiger partial charge in [0.15, 0.2) is 0 Å². The predicted octanol–water partition coefficient (Wildman–Crippen LogP) is 5.54. The summed E-state index contributed by atoms with van der Waals surface area (Å²) in [5, 5.41) is 12.6. The van der Waals surface area contributed by atoms with E-state index in [9.17, 15) is 5.11 Å². The van der Waals surface area contributed by atoms with Crippen molar-refractivity contribution in [1.29, 1.82) is 0 Å². The van der Waals surface area contributed by atoms with Gasteiger partial charge in [-0.25, -0.2) is 0 Å². The number of hydrogen-bond donors (Lipinski definition) is 1. The molecule has 0 aliphatic heterocycles. The van der Waals surface area contributed by atoms with Gasteiger partial charge in [0.25, 0.3) is 0 Å². The van der Waals surface area contributed by atoms with Gasteiger partial charge in [0.1, 0.15) is 0 Å². The van der Waals surface area contributed by atoms with E-state index in [0.29, 0.717) is 10.6 Å². The van der Waals surface area contributed by atoms with E-state index in [1.807, 2.05) is 40.0 Å². The third kappa shape index (κ3) is 4.16. The van der Waals surface area contributed by atoms with Crippen LogP contribution < -0.4 is 0 Å². The van der Waals surface area contributed by atoms with Crippen LogP contribution in [0.5, 0.6) is 0 Å². The molecule has 2 heterocycles. The maximum Gasteiger partial charge on any atom is 0.0870 e. The standard InChI is InChI=1S/C11H12ClNOS.2C2H6/c1-6-5-15-10-8(12)7(11(2,3)14)4-13-9(6)10;2*1-2/h4-5,14H,1-3H3;2*1-2H3. The zero-order chi connectivity index (χ0) is 15.2. The molecule has 0 aliphatic carbocycles. The van der Waals surface area contributed by atoms with Crippen LogP contribution >= 0.6 is 22.9 Å². The number of pyridine rings is 1. The molecule has 0 atom stereocenters. The maximum absolute atomic E-state index is 9.92. The number of nitrogens with zero attached hydrogens (tertiary/aromatic N) is 1. The van der Waals surface area contributed by atoms with Gasteiger partial charge in [0.05, 0.1) is 20.8 Å². The topological polar surface area (TPSA) is 33.1 Å². The van der Waals surface area contributed by atoms with Crippen LogP contribution in [-0.4, -0.2) is 10.1 Å². The van der Waals surface area contributed by atoms with Crippen molar-refractivity contribution in [3.8, 4) is 0 Å². The van der Waals surface area contributed by atoms with Gasteiger partial charge in [-0.2, -0.15) is 0 Å². The van der Waals surface area contributed by atoms with Gasteiger partial charge in [-0.1, -0.05) is 39.3 Å². The number of aromatic nitrogens is 1. The fraction of sp³-hybridized carbons (Fsp3) is 0.533. The molecule has 2 aromatic heterocycles. The zero-order valence-corrected chi connectivity index (χ0v) is 14.4. The molecule has 1 N–H and O–H groups in total. The van der Waals surface area contributed by atoms with E-state index < -0.39 is 5.60 Å². The van der Waals surface area contributed by atoms with Gasteiger partial charge < -0.3 is 5.11 Å². The highest BCUT2D eigenvalue weighted by Crippen LogP contribution is 2.36. The van der Waals surface area contributed by atoms with Gasteiger partial charge in [-0.15, -0.1) is 11.3 Å². The highest BCUT2D eigenvalue weighted by atomic mass is 35.5. The zero-order valence-electron chi connectivity index (χ0n) is 12.8. The number of aliphatic hydroxyl groups is 1. The molecule has 0 saturated carbocycles. The summed E-state index contributed by atoms with van der Waals surface area (Å²) >= 11 is 7.82. The molecule has 0 bridgehead atoms. The average molecular weight is 302 g/mol. The van der Waals surface area contributed by atoms with Crippen LogP contribution in [0.1, 0.15) is 52.7 Å². The number of aryl methyl sites for hydroxylation is 1. The Morgan fingerprint density at radius 2 is 1.74 bits per heavy atom. The molecular weight excluding hydrogens is 278 g/mol. The number of halogens is 1. The number of fused-ring (bicyclic) bond motifs is 1. The van der Waals surface area contributed by atoms with Crippen molar-refractivity contribution in [2.45, 2.75) is 54.1 Å². The molecule has 0 spiro atoms. The summed E-state index contributed by atoms with van der Waals surface area (Å²) in [4.78, 5) is 4.33. The summed E-state index contributed by atoms with van der Waals surface area (Å²) in [6, 6.07) is 0. The lowest BCUT2D eigenvalue weighted by Crippen LogP contribution is -2.16. The quantitative estimate of drug-likeness (QED) is 0.750. The van der Waals surface area contributed by atoms with E-state index in [-0.39, 0.29) is 0 Å². The second-order valence-electron chi connectivity index (χ2n) is 4.14. The first-order valence-electron chi connectivity index (χ1n) is 6.66. The SMILES string of the molecule is CC.CC.Cc1csc2c(Cl)c(C(C)(C)O)cnc12. The van der Waals surface area contributed by atoms with Gasteiger partial charge in [0.2, 0.25) is 0 Å². The van der Waals surface area contributed by atoms with Crippen molar-refractivity contribution in [2.24, 2.45) is 0 Å². The summed E-state index contributed by atoms with van der Waals surface area (Å²) < 4.78 is 0.953. The first-order chi connectivity index (χ1) is 8.91. The van der Waals surface area contributed by atoms with Crippen molar-refractivity contribution in [2.75, 3.05) is 0 Å². The van der Waals surface area contributed by atoms with E-state index >= 15 is 0 Å². The van der Waals surface area contributed by atoms with Crippen LogP contribution in [0.3, 0.4) is 0 Å². The maximum atomic E-state index is 9.92. The highest BCUT2D eigenvalue weighted by Gasteiger charge is 2.22. The first-order valence-corrected chi connectivity index (χ1v) is 7.92.